The molecule has 2 N–H and O–H groups in total. The highest BCUT2D eigenvalue weighted by Gasteiger charge is 2.12. The van der Waals surface area contributed by atoms with Crippen molar-refractivity contribution < 1.29 is 8.78 Å². The highest BCUT2D eigenvalue weighted by Crippen LogP contribution is 2.12. The summed E-state index contributed by atoms with van der Waals surface area (Å²) >= 11 is 5.73. The molecule has 1 aliphatic rings. The molecule has 1 heterocycles. The molecule has 14 heavy (non-hydrogen) atoms. The van der Waals surface area contributed by atoms with E-state index in [1.807, 2.05) is 13.0 Å². The van der Waals surface area contributed by atoms with Crippen molar-refractivity contribution >= 4 is 11.6 Å². The minimum Gasteiger partial charge on any atom is -0.370 e. The van der Waals surface area contributed by atoms with Gasteiger partial charge in [0.2, 0.25) is 0 Å². The first-order valence-electron chi connectivity index (χ1n) is 4.41. The Kier molecular flexibility index (Phi) is 4.35. The van der Waals surface area contributed by atoms with E-state index in [1.165, 1.54) is 0 Å². The lowest BCUT2D eigenvalue weighted by Gasteiger charge is -2.21. The van der Waals surface area contributed by atoms with Gasteiger partial charge in [0.25, 0.3) is 6.43 Å². The topological polar surface area (TPSA) is 24.1 Å². The summed E-state index contributed by atoms with van der Waals surface area (Å²) < 4.78 is 23.6. The van der Waals surface area contributed by atoms with Crippen LogP contribution in [-0.2, 0) is 0 Å². The zero-order chi connectivity index (χ0) is 10.6. The maximum absolute atomic E-state index is 11.8. The van der Waals surface area contributed by atoms with Crippen LogP contribution in [0.2, 0.25) is 0 Å². The van der Waals surface area contributed by atoms with Crippen LogP contribution in [0.15, 0.2) is 22.9 Å². The van der Waals surface area contributed by atoms with Gasteiger partial charge in [0.15, 0.2) is 0 Å². The lowest BCUT2D eigenvalue weighted by atomic mass is 10.1. The Morgan fingerprint density at radius 1 is 1.57 bits per heavy atom. The number of allylic oxidation sites excluding steroid dienone is 2. The zero-order valence-electron chi connectivity index (χ0n) is 7.86. The van der Waals surface area contributed by atoms with E-state index in [2.05, 4.69) is 10.6 Å². The Balaban J connectivity index is 2.37. The van der Waals surface area contributed by atoms with Gasteiger partial charge in [-0.3, -0.25) is 0 Å². The molecule has 0 saturated carbocycles. The van der Waals surface area contributed by atoms with Crippen molar-refractivity contribution in [1.29, 1.82) is 0 Å². The molecule has 0 bridgehead atoms. The Labute approximate surface area is 87.0 Å². The van der Waals surface area contributed by atoms with Crippen LogP contribution in [0.4, 0.5) is 8.78 Å². The molecule has 0 aromatic rings. The average Bonchev–Trinajstić information content (AvgIpc) is 2.08. The van der Waals surface area contributed by atoms with E-state index < -0.39 is 6.43 Å². The van der Waals surface area contributed by atoms with Gasteiger partial charge in [-0.1, -0.05) is 17.7 Å². The van der Waals surface area contributed by atoms with E-state index in [0.29, 0.717) is 11.7 Å². The summed E-state index contributed by atoms with van der Waals surface area (Å²) in [5.41, 5.74) is 1.02. The third kappa shape index (κ3) is 3.64. The Hall–Kier alpha value is -0.610. The molecule has 0 amide bonds. The fourth-order valence-corrected chi connectivity index (χ4v) is 1.44. The molecule has 0 aliphatic carbocycles. The third-order valence-corrected chi connectivity index (χ3v) is 2.22. The van der Waals surface area contributed by atoms with Crippen LogP contribution in [0, 0.1) is 0 Å². The molecule has 2 nitrogen and oxygen atoms in total. The zero-order valence-corrected chi connectivity index (χ0v) is 8.61. The molecular formula is C9H13ClF2N2. The molecule has 1 atom stereocenters. The predicted molar refractivity (Wildman–Crippen MR) is 53.5 cm³/mol. The molecule has 1 rings (SSSR count). The van der Waals surface area contributed by atoms with Crippen molar-refractivity contribution in [1.82, 2.24) is 10.6 Å². The van der Waals surface area contributed by atoms with Crippen LogP contribution in [0.25, 0.3) is 0 Å². The number of hydrogen-bond acceptors (Lipinski definition) is 2. The first kappa shape index (κ1) is 11.5. The number of dihydropyridines is 1. The van der Waals surface area contributed by atoms with Crippen molar-refractivity contribution in [2.45, 2.75) is 19.4 Å². The quantitative estimate of drug-likeness (QED) is 0.710. The molecule has 0 radical (unpaired) electrons. The van der Waals surface area contributed by atoms with E-state index in [4.69, 9.17) is 11.6 Å². The number of alkyl halides is 2. The van der Waals surface area contributed by atoms with Gasteiger partial charge in [-0.05, 0) is 18.6 Å². The summed E-state index contributed by atoms with van der Waals surface area (Å²) in [6.07, 6.45) is 1.27. The van der Waals surface area contributed by atoms with Gasteiger partial charge in [0.1, 0.15) is 5.16 Å². The first-order chi connectivity index (χ1) is 6.59. The maximum Gasteiger partial charge on any atom is 0.250 e. The SMILES string of the molecule is CC1NC(Cl)=CC=C1CNCC(F)F. The monoisotopic (exact) mass is 222 g/mol. The minimum absolute atomic E-state index is 0.0951. The first-order valence-corrected chi connectivity index (χ1v) is 4.79. The largest absolute Gasteiger partial charge is 0.370 e. The van der Waals surface area contributed by atoms with Crippen LogP contribution >= 0.6 is 11.6 Å². The van der Waals surface area contributed by atoms with Gasteiger partial charge in [-0.15, -0.1) is 0 Å². The molecule has 0 fully saturated rings. The summed E-state index contributed by atoms with van der Waals surface area (Å²) in [5.74, 6) is 0. The number of halogens is 3. The van der Waals surface area contributed by atoms with Crippen molar-refractivity contribution in [3.63, 3.8) is 0 Å². The Morgan fingerprint density at radius 2 is 2.29 bits per heavy atom. The normalized spacial score (nSPS) is 21.6. The highest BCUT2D eigenvalue weighted by molar-refractivity contribution is 6.29. The number of rotatable bonds is 4. The Morgan fingerprint density at radius 3 is 2.86 bits per heavy atom. The number of hydrogen-bond donors (Lipinski definition) is 2. The predicted octanol–water partition coefficient (Wildman–Crippen LogP) is 1.84. The molecule has 80 valence electrons. The molecule has 5 heteroatoms. The minimum atomic E-state index is -2.30. The number of nitrogens with one attached hydrogen (secondary N) is 2. The van der Waals surface area contributed by atoms with Gasteiger partial charge in [-0.25, -0.2) is 8.78 Å². The van der Waals surface area contributed by atoms with E-state index in [1.54, 1.807) is 6.08 Å². The van der Waals surface area contributed by atoms with Crippen LogP contribution in [-0.4, -0.2) is 25.6 Å². The Bertz CT molecular complexity index is 251. The molecule has 1 unspecified atom stereocenters. The van der Waals surface area contributed by atoms with Crippen LogP contribution < -0.4 is 10.6 Å². The van der Waals surface area contributed by atoms with Gasteiger partial charge in [0, 0.05) is 12.6 Å². The molecule has 0 aromatic carbocycles. The van der Waals surface area contributed by atoms with E-state index in [0.717, 1.165) is 5.57 Å². The molecule has 0 saturated heterocycles. The summed E-state index contributed by atoms with van der Waals surface area (Å²) in [7, 11) is 0. The summed E-state index contributed by atoms with van der Waals surface area (Å²) in [5, 5.41) is 6.25. The second-order valence-corrected chi connectivity index (χ2v) is 3.55. The molecule has 1 aliphatic heterocycles. The lowest BCUT2D eigenvalue weighted by Crippen LogP contribution is -2.34. The summed E-state index contributed by atoms with van der Waals surface area (Å²) in [6.45, 7) is 2.12. The van der Waals surface area contributed by atoms with Crippen LogP contribution in [0.1, 0.15) is 6.92 Å². The van der Waals surface area contributed by atoms with Crippen molar-refractivity contribution in [3.05, 3.63) is 22.9 Å². The van der Waals surface area contributed by atoms with E-state index in [9.17, 15) is 8.78 Å². The van der Waals surface area contributed by atoms with E-state index >= 15 is 0 Å². The second kappa shape index (κ2) is 5.32. The van der Waals surface area contributed by atoms with Crippen LogP contribution in [0.3, 0.4) is 0 Å². The summed E-state index contributed by atoms with van der Waals surface area (Å²) in [4.78, 5) is 0. The standard InChI is InChI=1S/C9H13ClF2N2/c1-6-7(2-3-8(10)14-6)4-13-5-9(11)12/h2-3,6,9,13-14H,4-5H2,1H3. The smallest absolute Gasteiger partial charge is 0.250 e. The molecular weight excluding hydrogens is 210 g/mol. The third-order valence-electron chi connectivity index (χ3n) is 1.98. The van der Waals surface area contributed by atoms with E-state index in [-0.39, 0.29) is 12.6 Å². The van der Waals surface area contributed by atoms with Crippen LogP contribution in [0.5, 0.6) is 0 Å². The molecule has 0 aromatic heterocycles. The van der Waals surface area contributed by atoms with Crippen molar-refractivity contribution in [2.75, 3.05) is 13.1 Å². The van der Waals surface area contributed by atoms with Crippen molar-refractivity contribution in [2.24, 2.45) is 0 Å². The van der Waals surface area contributed by atoms with Crippen molar-refractivity contribution in [3.8, 4) is 0 Å². The van der Waals surface area contributed by atoms with Gasteiger partial charge in [-0.2, -0.15) is 0 Å². The maximum atomic E-state index is 11.8. The lowest BCUT2D eigenvalue weighted by molar-refractivity contribution is 0.147. The summed E-state index contributed by atoms with van der Waals surface area (Å²) in [6, 6.07) is 0.0951. The second-order valence-electron chi connectivity index (χ2n) is 3.14. The van der Waals surface area contributed by atoms with Gasteiger partial charge < -0.3 is 10.6 Å². The fourth-order valence-electron chi connectivity index (χ4n) is 1.21. The molecule has 0 spiro atoms. The highest BCUT2D eigenvalue weighted by atomic mass is 35.5. The fraction of sp³-hybridized carbons (Fsp3) is 0.556. The van der Waals surface area contributed by atoms with Gasteiger partial charge in [0.05, 0.1) is 6.54 Å². The van der Waals surface area contributed by atoms with Gasteiger partial charge >= 0.3 is 0 Å². The average molecular weight is 223 g/mol.